The summed E-state index contributed by atoms with van der Waals surface area (Å²) in [4.78, 5) is 52.6. The van der Waals surface area contributed by atoms with Crippen LogP contribution in [0, 0.1) is 0 Å². The van der Waals surface area contributed by atoms with Gasteiger partial charge >= 0.3 is 11.9 Å². The molecule has 0 saturated heterocycles. The topological polar surface area (TPSA) is 221 Å². The number of hydrogen-bond donors (Lipinski definition) is 4. The molecule has 0 atom stereocenters. The van der Waals surface area contributed by atoms with Crippen molar-refractivity contribution >= 4 is 35.1 Å². The first kappa shape index (κ1) is 31.7. The highest BCUT2D eigenvalue weighted by molar-refractivity contribution is 6.07. The van der Waals surface area contributed by atoms with Crippen molar-refractivity contribution in [1.82, 2.24) is 29.9 Å². The lowest BCUT2D eigenvalue weighted by Gasteiger charge is -2.13. The second-order valence-corrected chi connectivity index (χ2v) is 9.69. The number of aromatic nitrogens is 6. The number of amides is 2. The van der Waals surface area contributed by atoms with Crippen molar-refractivity contribution in [2.75, 3.05) is 23.8 Å². The SMILES string of the molecule is O=C(Nc1cc(OCCCCOc2ccc(C(=O)O)c(NC(=O)c3ccc(-n4ccnc4)nn3)c2)ccc1C(=O)O)c1cccnn1. The van der Waals surface area contributed by atoms with E-state index in [-0.39, 0.29) is 47.1 Å². The van der Waals surface area contributed by atoms with Crippen LogP contribution in [0.3, 0.4) is 0 Å². The zero-order valence-corrected chi connectivity index (χ0v) is 24.4. The molecule has 2 amide bonds. The third-order valence-electron chi connectivity index (χ3n) is 6.47. The van der Waals surface area contributed by atoms with E-state index in [0.29, 0.717) is 30.2 Å². The second kappa shape index (κ2) is 14.8. The number of benzene rings is 2. The molecule has 238 valence electrons. The predicted octanol–water partition coefficient (Wildman–Crippen LogP) is 3.59. The van der Waals surface area contributed by atoms with E-state index >= 15 is 0 Å². The molecule has 0 saturated carbocycles. The molecule has 0 unspecified atom stereocenters. The van der Waals surface area contributed by atoms with Crippen LogP contribution in [0.1, 0.15) is 54.5 Å². The monoisotopic (exact) mass is 638 g/mol. The van der Waals surface area contributed by atoms with Crippen molar-refractivity contribution in [2.24, 2.45) is 0 Å². The van der Waals surface area contributed by atoms with Crippen molar-refractivity contribution in [3.05, 3.63) is 108 Å². The van der Waals surface area contributed by atoms with Crippen LogP contribution in [0.2, 0.25) is 0 Å². The average Bonchev–Trinajstić information content (AvgIpc) is 3.62. The summed E-state index contributed by atoms with van der Waals surface area (Å²) in [5.41, 5.74) is -0.189. The van der Waals surface area contributed by atoms with Crippen LogP contribution in [-0.2, 0) is 0 Å². The third-order valence-corrected chi connectivity index (χ3v) is 6.47. The third kappa shape index (κ3) is 8.27. The van der Waals surface area contributed by atoms with Crippen LogP contribution in [0.5, 0.6) is 11.5 Å². The molecule has 0 spiro atoms. The zero-order chi connectivity index (χ0) is 33.2. The summed E-state index contributed by atoms with van der Waals surface area (Å²) in [5, 5.41) is 39.5. The van der Waals surface area contributed by atoms with Crippen LogP contribution < -0.4 is 20.1 Å². The second-order valence-electron chi connectivity index (χ2n) is 9.69. The minimum Gasteiger partial charge on any atom is -0.494 e. The fraction of sp³-hybridized carbons (Fsp3) is 0.129. The molecular weight excluding hydrogens is 612 g/mol. The first-order valence-electron chi connectivity index (χ1n) is 14.0. The molecule has 16 nitrogen and oxygen atoms in total. The normalized spacial score (nSPS) is 10.6. The molecule has 5 rings (SSSR count). The smallest absolute Gasteiger partial charge is 0.337 e. The number of carbonyl (C=O) groups is 4. The molecule has 0 aliphatic heterocycles. The molecular formula is C31H26N8O8. The number of rotatable bonds is 14. The van der Waals surface area contributed by atoms with Gasteiger partial charge in [0, 0.05) is 30.7 Å². The first-order chi connectivity index (χ1) is 22.8. The van der Waals surface area contributed by atoms with E-state index in [1.807, 2.05) is 0 Å². The lowest BCUT2D eigenvalue weighted by molar-refractivity contribution is 0.0686. The molecule has 0 fully saturated rings. The van der Waals surface area contributed by atoms with Crippen LogP contribution in [0.15, 0.2) is 85.6 Å². The molecule has 5 aromatic rings. The van der Waals surface area contributed by atoms with Gasteiger partial charge in [-0.3, -0.25) is 14.2 Å². The molecule has 0 bridgehead atoms. The first-order valence-corrected chi connectivity index (χ1v) is 14.0. The number of hydrogen-bond acceptors (Lipinski definition) is 11. The van der Waals surface area contributed by atoms with E-state index in [0.717, 1.165) is 0 Å². The lowest BCUT2D eigenvalue weighted by atomic mass is 10.1. The van der Waals surface area contributed by atoms with Crippen molar-refractivity contribution < 1.29 is 38.9 Å². The Labute approximate surface area is 266 Å². The molecule has 16 heteroatoms. The Bertz CT molecular complexity index is 1880. The van der Waals surface area contributed by atoms with Gasteiger partial charge in [0.2, 0.25) is 0 Å². The van der Waals surface area contributed by atoms with Gasteiger partial charge in [-0.05, 0) is 61.4 Å². The van der Waals surface area contributed by atoms with Crippen molar-refractivity contribution in [1.29, 1.82) is 0 Å². The van der Waals surface area contributed by atoms with Crippen LogP contribution in [0.25, 0.3) is 5.82 Å². The standard InChI is InChI=1S/C31H26N8O8/c40-28(23-4-3-11-33-36-23)34-25-16-19(5-7-21(25)30(42)43)46-14-1-2-15-47-20-6-8-22(31(44)45)26(17-20)35-29(41)24-9-10-27(38-37-24)39-13-12-32-18-39/h3-13,16-18H,1-2,14-15H2,(H,34,40)(H,35,41)(H,42,43)(H,44,45). The van der Waals surface area contributed by atoms with Gasteiger partial charge in [0.05, 0.1) is 35.7 Å². The molecule has 47 heavy (non-hydrogen) atoms. The number of nitrogens with zero attached hydrogens (tertiary/aromatic N) is 6. The van der Waals surface area contributed by atoms with E-state index < -0.39 is 23.8 Å². The van der Waals surface area contributed by atoms with Crippen molar-refractivity contribution in [3.8, 4) is 17.3 Å². The van der Waals surface area contributed by atoms with E-state index in [1.165, 1.54) is 67.1 Å². The van der Waals surface area contributed by atoms with Gasteiger partial charge < -0.3 is 30.3 Å². The van der Waals surface area contributed by atoms with Crippen LogP contribution in [-0.4, -0.2) is 77.1 Å². The van der Waals surface area contributed by atoms with Crippen LogP contribution >= 0.6 is 0 Å². The molecule has 2 aromatic carbocycles. The number of unbranched alkanes of at least 4 members (excludes halogenated alkanes) is 1. The van der Waals surface area contributed by atoms with Gasteiger partial charge in [0.1, 0.15) is 17.8 Å². The maximum Gasteiger partial charge on any atom is 0.337 e. The average molecular weight is 639 g/mol. The zero-order valence-electron chi connectivity index (χ0n) is 24.4. The highest BCUT2D eigenvalue weighted by Gasteiger charge is 2.18. The Hall–Kier alpha value is -6.71. The summed E-state index contributed by atoms with van der Waals surface area (Å²) >= 11 is 0. The molecule has 0 aliphatic carbocycles. The number of carboxylic acids is 2. The number of carbonyl (C=O) groups excluding carboxylic acids is 2. The summed E-state index contributed by atoms with van der Waals surface area (Å²) in [6.07, 6.45) is 7.28. The number of anilines is 2. The Morgan fingerprint density at radius 3 is 1.77 bits per heavy atom. The van der Waals surface area contributed by atoms with Gasteiger partial charge in [-0.15, -0.1) is 15.3 Å². The minimum absolute atomic E-state index is 0.0193. The van der Waals surface area contributed by atoms with Gasteiger partial charge in [-0.25, -0.2) is 14.6 Å². The predicted molar refractivity (Wildman–Crippen MR) is 164 cm³/mol. The maximum absolute atomic E-state index is 12.8. The van der Waals surface area contributed by atoms with Gasteiger partial charge in [-0.2, -0.15) is 5.10 Å². The highest BCUT2D eigenvalue weighted by Crippen LogP contribution is 2.25. The number of ether oxygens (including phenoxy) is 2. The summed E-state index contributed by atoms with van der Waals surface area (Å²) in [5.74, 6) is -2.61. The largest absolute Gasteiger partial charge is 0.494 e. The van der Waals surface area contributed by atoms with Gasteiger partial charge in [-0.1, -0.05) is 0 Å². The van der Waals surface area contributed by atoms with E-state index in [1.54, 1.807) is 23.0 Å². The molecule has 0 aliphatic rings. The quantitative estimate of drug-likeness (QED) is 0.128. The summed E-state index contributed by atoms with van der Waals surface area (Å²) in [7, 11) is 0. The van der Waals surface area contributed by atoms with Gasteiger partial charge in [0.25, 0.3) is 11.8 Å². The molecule has 3 heterocycles. The van der Waals surface area contributed by atoms with E-state index in [4.69, 9.17) is 9.47 Å². The van der Waals surface area contributed by atoms with Crippen LogP contribution in [0.4, 0.5) is 11.4 Å². The Morgan fingerprint density at radius 2 is 1.30 bits per heavy atom. The maximum atomic E-state index is 12.8. The number of aromatic carboxylic acids is 2. The number of carboxylic acid groups (broad SMARTS) is 2. The summed E-state index contributed by atoms with van der Waals surface area (Å²) < 4.78 is 13.1. The minimum atomic E-state index is -1.24. The van der Waals surface area contributed by atoms with Gasteiger partial charge in [0.15, 0.2) is 17.2 Å². The molecule has 3 aromatic heterocycles. The van der Waals surface area contributed by atoms with E-state index in [9.17, 15) is 29.4 Å². The Morgan fingerprint density at radius 1 is 0.702 bits per heavy atom. The lowest BCUT2D eigenvalue weighted by Crippen LogP contribution is -2.17. The Balaban J connectivity index is 1.13. The fourth-order valence-corrected chi connectivity index (χ4v) is 4.16. The van der Waals surface area contributed by atoms with Crippen molar-refractivity contribution in [2.45, 2.75) is 12.8 Å². The fourth-order valence-electron chi connectivity index (χ4n) is 4.16. The highest BCUT2D eigenvalue weighted by atomic mass is 16.5. The number of imidazole rings is 1. The molecule has 4 N–H and O–H groups in total. The Kier molecular flexibility index (Phi) is 10.0. The molecule has 0 radical (unpaired) electrons. The summed E-state index contributed by atoms with van der Waals surface area (Å²) in [6, 6.07) is 14.5. The van der Waals surface area contributed by atoms with Crippen molar-refractivity contribution in [3.63, 3.8) is 0 Å². The number of nitrogens with one attached hydrogen (secondary N) is 2. The van der Waals surface area contributed by atoms with E-state index in [2.05, 4.69) is 36.0 Å². The summed E-state index contributed by atoms with van der Waals surface area (Å²) in [6.45, 7) is 0.509.